The van der Waals surface area contributed by atoms with E-state index in [-0.39, 0.29) is 11.3 Å². The van der Waals surface area contributed by atoms with Crippen LogP contribution in [0.2, 0.25) is 0 Å². The van der Waals surface area contributed by atoms with Crippen LogP contribution in [0.3, 0.4) is 0 Å². The molecule has 3 heteroatoms. The highest BCUT2D eigenvalue weighted by atomic mass is 16.2. The van der Waals surface area contributed by atoms with E-state index < -0.39 is 0 Å². The third-order valence-electron chi connectivity index (χ3n) is 5.17. The largest absolute Gasteiger partial charge is 0.378 e. The number of likely N-dealkylation sites (tertiary alicyclic amines) is 1. The standard InChI is InChI=1S/C19H26N2O/c1-5-14-10-17-12-19(2,11-14)13-21(17)18(22)15-6-8-16(9-7-15)20(3)4/h5-9,17H,10-13H2,1-4H3/b14-5-. The number of rotatable bonds is 2. The zero-order valence-electron chi connectivity index (χ0n) is 14.1. The number of hydrogen-bond donors (Lipinski definition) is 0. The molecule has 3 rings (SSSR count). The summed E-state index contributed by atoms with van der Waals surface area (Å²) in [4.78, 5) is 17.1. The van der Waals surface area contributed by atoms with Crippen LogP contribution in [0.4, 0.5) is 5.69 Å². The molecule has 22 heavy (non-hydrogen) atoms. The van der Waals surface area contributed by atoms with E-state index in [0.717, 1.165) is 37.1 Å². The number of anilines is 1. The summed E-state index contributed by atoms with van der Waals surface area (Å²) < 4.78 is 0. The molecule has 2 atom stereocenters. The van der Waals surface area contributed by atoms with Crippen molar-refractivity contribution in [3.05, 3.63) is 41.5 Å². The fraction of sp³-hybridized carbons (Fsp3) is 0.526. The number of carbonyl (C=O) groups excluding carboxylic acids is 1. The molecule has 1 saturated carbocycles. The highest BCUT2D eigenvalue weighted by Crippen LogP contribution is 2.47. The molecule has 0 radical (unpaired) electrons. The van der Waals surface area contributed by atoms with Gasteiger partial charge < -0.3 is 9.80 Å². The average molecular weight is 298 g/mol. The number of allylic oxidation sites excluding steroid dienone is 1. The second-order valence-electron chi connectivity index (χ2n) is 7.37. The number of amides is 1. The van der Waals surface area contributed by atoms with Crippen molar-refractivity contribution < 1.29 is 4.79 Å². The minimum absolute atomic E-state index is 0.191. The maximum absolute atomic E-state index is 12.9. The minimum atomic E-state index is 0.191. The van der Waals surface area contributed by atoms with Gasteiger partial charge in [-0.2, -0.15) is 0 Å². The van der Waals surface area contributed by atoms with Gasteiger partial charge in [0.2, 0.25) is 0 Å². The lowest BCUT2D eigenvalue weighted by molar-refractivity contribution is 0.0732. The molecule has 1 amide bonds. The maximum Gasteiger partial charge on any atom is 0.254 e. The number of nitrogens with zero attached hydrogens (tertiary/aromatic N) is 2. The topological polar surface area (TPSA) is 23.6 Å². The van der Waals surface area contributed by atoms with Crippen LogP contribution in [0.15, 0.2) is 35.9 Å². The van der Waals surface area contributed by atoms with Gasteiger partial charge in [0.1, 0.15) is 0 Å². The van der Waals surface area contributed by atoms with Gasteiger partial charge in [0.05, 0.1) is 0 Å². The van der Waals surface area contributed by atoms with E-state index in [1.54, 1.807) is 0 Å². The molecule has 3 nitrogen and oxygen atoms in total. The van der Waals surface area contributed by atoms with Crippen molar-refractivity contribution in [2.45, 2.75) is 39.2 Å². The van der Waals surface area contributed by atoms with Gasteiger partial charge in [-0.25, -0.2) is 0 Å². The van der Waals surface area contributed by atoms with Gasteiger partial charge in [0.15, 0.2) is 0 Å². The first kappa shape index (κ1) is 15.1. The zero-order chi connectivity index (χ0) is 15.9. The number of carbonyl (C=O) groups is 1. The SMILES string of the molecule is C/C=C1/CC2CC(C)(C1)CN2C(=O)c1ccc(N(C)C)cc1. The lowest BCUT2D eigenvalue weighted by Gasteiger charge is -2.29. The quantitative estimate of drug-likeness (QED) is 0.777. The van der Waals surface area contributed by atoms with Crippen molar-refractivity contribution >= 4 is 11.6 Å². The molecule has 2 bridgehead atoms. The second kappa shape index (κ2) is 5.45. The van der Waals surface area contributed by atoms with Crippen molar-refractivity contribution in [3.8, 4) is 0 Å². The van der Waals surface area contributed by atoms with Crippen LogP contribution in [0.1, 0.15) is 43.5 Å². The van der Waals surface area contributed by atoms with Gasteiger partial charge in [-0.15, -0.1) is 0 Å². The Morgan fingerprint density at radius 1 is 1.32 bits per heavy atom. The van der Waals surface area contributed by atoms with E-state index >= 15 is 0 Å². The molecular formula is C19H26N2O. The Balaban J connectivity index is 1.81. The van der Waals surface area contributed by atoms with Crippen molar-refractivity contribution in [1.82, 2.24) is 4.90 Å². The fourth-order valence-corrected chi connectivity index (χ4v) is 4.04. The summed E-state index contributed by atoms with van der Waals surface area (Å²) >= 11 is 0. The molecule has 0 aromatic heterocycles. The van der Waals surface area contributed by atoms with Crippen LogP contribution in [-0.4, -0.2) is 37.5 Å². The number of benzene rings is 1. The predicted octanol–water partition coefficient (Wildman–Crippen LogP) is 3.71. The Hall–Kier alpha value is -1.77. The molecule has 0 spiro atoms. The van der Waals surface area contributed by atoms with Crippen molar-refractivity contribution in [1.29, 1.82) is 0 Å². The van der Waals surface area contributed by atoms with E-state index in [1.807, 2.05) is 38.4 Å². The Bertz CT molecular complexity index is 602. The van der Waals surface area contributed by atoms with Crippen LogP contribution in [0.25, 0.3) is 0 Å². The zero-order valence-corrected chi connectivity index (χ0v) is 14.1. The van der Waals surface area contributed by atoms with Gasteiger partial charge in [-0.1, -0.05) is 18.6 Å². The second-order valence-corrected chi connectivity index (χ2v) is 7.37. The van der Waals surface area contributed by atoms with Gasteiger partial charge in [0.25, 0.3) is 5.91 Å². The van der Waals surface area contributed by atoms with Crippen molar-refractivity contribution in [2.24, 2.45) is 5.41 Å². The van der Waals surface area contributed by atoms with Crippen LogP contribution in [0, 0.1) is 5.41 Å². The maximum atomic E-state index is 12.9. The van der Waals surface area contributed by atoms with E-state index in [1.165, 1.54) is 5.57 Å². The van der Waals surface area contributed by atoms with Gasteiger partial charge >= 0.3 is 0 Å². The summed E-state index contributed by atoms with van der Waals surface area (Å²) in [6.07, 6.45) is 5.58. The van der Waals surface area contributed by atoms with E-state index in [2.05, 4.69) is 29.7 Å². The molecule has 1 heterocycles. The molecule has 1 aliphatic heterocycles. The first-order valence-corrected chi connectivity index (χ1v) is 8.14. The molecule has 2 aliphatic rings. The number of fused-ring (bicyclic) bond motifs is 2. The molecule has 1 aromatic rings. The average Bonchev–Trinajstić information content (AvgIpc) is 2.75. The number of hydrogen-bond acceptors (Lipinski definition) is 2. The van der Waals surface area contributed by atoms with Crippen molar-refractivity contribution in [2.75, 3.05) is 25.5 Å². The van der Waals surface area contributed by atoms with Gasteiger partial charge in [-0.05, 0) is 55.9 Å². The van der Waals surface area contributed by atoms with Gasteiger partial charge in [0, 0.05) is 37.9 Å². The normalized spacial score (nSPS) is 29.0. The van der Waals surface area contributed by atoms with E-state index in [0.29, 0.717) is 6.04 Å². The highest BCUT2D eigenvalue weighted by Gasteiger charge is 2.46. The van der Waals surface area contributed by atoms with Crippen LogP contribution < -0.4 is 4.90 Å². The summed E-state index contributed by atoms with van der Waals surface area (Å²) in [6.45, 7) is 5.34. The lowest BCUT2D eigenvalue weighted by Crippen LogP contribution is -2.35. The Morgan fingerprint density at radius 2 is 2.00 bits per heavy atom. The van der Waals surface area contributed by atoms with Crippen LogP contribution >= 0.6 is 0 Å². The minimum Gasteiger partial charge on any atom is -0.378 e. The third-order valence-corrected chi connectivity index (χ3v) is 5.17. The van der Waals surface area contributed by atoms with Crippen LogP contribution in [0.5, 0.6) is 0 Å². The molecule has 1 aromatic carbocycles. The van der Waals surface area contributed by atoms with E-state index in [4.69, 9.17) is 0 Å². The molecule has 1 aliphatic carbocycles. The smallest absolute Gasteiger partial charge is 0.254 e. The molecule has 2 unspecified atom stereocenters. The molecule has 1 saturated heterocycles. The molecular weight excluding hydrogens is 272 g/mol. The first-order chi connectivity index (χ1) is 10.4. The Labute approximate surface area is 133 Å². The lowest BCUT2D eigenvalue weighted by atomic mass is 9.75. The molecule has 2 fully saturated rings. The molecule has 118 valence electrons. The summed E-state index contributed by atoms with van der Waals surface area (Å²) in [6, 6.07) is 8.34. The Kier molecular flexibility index (Phi) is 3.75. The summed E-state index contributed by atoms with van der Waals surface area (Å²) in [5, 5.41) is 0. The predicted molar refractivity (Wildman–Crippen MR) is 91.3 cm³/mol. The van der Waals surface area contributed by atoms with Gasteiger partial charge in [-0.3, -0.25) is 4.79 Å². The first-order valence-electron chi connectivity index (χ1n) is 8.14. The van der Waals surface area contributed by atoms with Crippen LogP contribution in [-0.2, 0) is 0 Å². The third kappa shape index (κ3) is 2.65. The monoisotopic (exact) mass is 298 g/mol. The van der Waals surface area contributed by atoms with Crippen molar-refractivity contribution in [3.63, 3.8) is 0 Å². The molecule has 0 N–H and O–H groups in total. The summed E-state index contributed by atoms with van der Waals surface area (Å²) in [5.74, 6) is 0.191. The highest BCUT2D eigenvalue weighted by molar-refractivity contribution is 5.95. The fourth-order valence-electron chi connectivity index (χ4n) is 4.04. The summed E-state index contributed by atoms with van der Waals surface area (Å²) in [7, 11) is 4.03. The van der Waals surface area contributed by atoms with E-state index in [9.17, 15) is 4.79 Å². The summed E-state index contributed by atoms with van der Waals surface area (Å²) in [5.41, 5.74) is 3.71. The Morgan fingerprint density at radius 3 is 2.59 bits per heavy atom.